The summed E-state index contributed by atoms with van der Waals surface area (Å²) in [6.45, 7) is 3.50. The number of methoxy groups -OCH3 is 1. The van der Waals surface area contributed by atoms with Crippen molar-refractivity contribution >= 4 is 22.6 Å². The lowest BCUT2D eigenvalue weighted by Gasteiger charge is -2.21. The first-order valence-corrected chi connectivity index (χ1v) is 13.6. The summed E-state index contributed by atoms with van der Waals surface area (Å²) in [6, 6.07) is 2.93. The fourth-order valence-electron chi connectivity index (χ4n) is 4.97. The number of rotatable bonds is 9. The van der Waals surface area contributed by atoms with Crippen LogP contribution in [0.4, 0.5) is 13.2 Å². The molecule has 2 fully saturated rings. The Balaban J connectivity index is 1.18. The smallest absolute Gasteiger partial charge is 0.309 e. The SMILES string of the molecule is C=CC(F)(F)c1cn(C2CC2)c(-c2ncc(COc3nc(C4=C(C5CC5)NCN=C4OC)nc4ccoc34)cc2F)n1. The number of nitrogens with zero attached hydrogens (tertiary/aromatic N) is 6. The molecule has 0 atom stereocenters. The topological polar surface area (TPSA) is 112 Å². The van der Waals surface area contributed by atoms with Crippen LogP contribution in [0.25, 0.3) is 28.2 Å². The van der Waals surface area contributed by atoms with Crippen molar-refractivity contribution in [1.29, 1.82) is 0 Å². The fourth-order valence-corrected chi connectivity index (χ4v) is 4.97. The number of fused-ring (bicyclic) bond motifs is 1. The third-order valence-electron chi connectivity index (χ3n) is 7.41. The molecular weight excluding hydrogens is 551 g/mol. The monoisotopic (exact) mass is 577 g/mol. The number of imidazole rings is 1. The van der Waals surface area contributed by atoms with Gasteiger partial charge in [-0.1, -0.05) is 6.58 Å². The van der Waals surface area contributed by atoms with Crippen LogP contribution in [-0.2, 0) is 17.3 Å². The highest BCUT2D eigenvalue weighted by Gasteiger charge is 2.36. The largest absolute Gasteiger partial charge is 0.481 e. The number of ether oxygens (including phenoxy) is 2. The van der Waals surface area contributed by atoms with Gasteiger partial charge in [-0.3, -0.25) is 0 Å². The predicted octanol–water partition coefficient (Wildman–Crippen LogP) is 5.54. The minimum atomic E-state index is -3.34. The van der Waals surface area contributed by atoms with Gasteiger partial charge in [0, 0.05) is 35.8 Å². The number of nitrogens with one attached hydrogen (secondary N) is 1. The summed E-state index contributed by atoms with van der Waals surface area (Å²) in [4.78, 5) is 22.0. The molecule has 1 N–H and O–H groups in total. The summed E-state index contributed by atoms with van der Waals surface area (Å²) in [6.07, 6.45) is 8.37. The Morgan fingerprint density at radius 3 is 2.76 bits per heavy atom. The predicted molar refractivity (Wildman–Crippen MR) is 146 cm³/mol. The normalized spacial score (nSPS) is 17.3. The van der Waals surface area contributed by atoms with Crippen LogP contribution in [0.15, 0.2) is 58.6 Å². The molecule has 0 spiro atoms. The van der Waals surface area contributed by atoms with E-state index in [1.54, 1.807) is 17.7 Å². The van der Waals surface area contributed by atoms with Gasteiger partial charge in [-0.2, -0.15) is 13.8 Å². The molecular formula is C29H26F3N7O3. The Morgan fingerprint density at radius 1 is 1.21 bits per heavy atom. The minimum absolute atomic E-state index is 0.0210. The molecule has 0 unspecified atom stereocenters. The standard InChI is InChI=1S/C29H26F3N7O3/c1-3-29(31,32)20-12-39(17-6-7-17)26(37-20)23-18(30)10-15(11-33-23)13-42-28-24-19(8-9-41-24)36-25(38-28)21-22(16-4-5-16)34-14-35-27(21)40-2/h3,8-12,16-17,34H,1,4-7,13-14H2,2H3. The molecule has 0 amide bonds. The number of aliphatic imine (C=N–C) groups is 1. The molecule has 4 aromatic rings. The van der Waals surface area contributed by atoms with E-state index in [4.69, 9.17) is 13.9 Å². The van der Waals surface area contributed by atoms with Crippen LogP contribution in [0.3, 0.4) is 0 Å². The van der Waals surface area contributed by atoms with E-state index in [1.165, 1.54) is 24.7 Å². The van der Waals surface area contributed by atoms with Crippen molar-refractivity contribution in [3.05, 3.63) is 72.0 Å². The molecule has 4 aromatic heterocycles. The van der Waals surface area contributed by atoms with Crippen molar-refractivity contribution in [2.24, 2.45) is 10.9 Å². The Labute approximate surface area is 238 Å². The maximum Gasteiger partial charge on any atom is 0.309 e. The molecule has 2 aliphatic carbocycles. The first kappa shape index (κ1) is 26.2. The van der Waals surface area contributed by atoms with Crippen LogP contribution < -0.4 is 10.1 Å². The summed E-state index contributed by atoms with van der Waals surface area (Å²) < 4.78 is 62.6. The van der Waals surface area contributed by atoms with Gasteiger partial charge in [0.2, 0.25) is 11.5 Å². The molecule has 2 saturated carbocycles. The number of halogens is 3. The third kappa shape index (κ3) is 4.68. The molecule has 13 heteroatoms. The second-order valence-electron chi connectivity index (χ2n) is 10.4. The number of furan rings is 1. The minimum Gasteiger partial charge on any atom is -0.481 e. The number of allylic oxidation sites excluding steroid dienone is 2. The summed E-state index contributed by atoms with van der Waals surface area (Å²) in [7, 11) is 1.55. The molecule has 0 saturated heterocycles. The first-order chi connectivity index (χ1) is 20.4. The van der Waals surface area contributed by atoms with Crippen molar-refractivity contribution < 1.29 is 27.1 Å². The van der Waals surface area contributed by atoms with Crippen molar-refractivity contribution in [2.75, 3.05) is 13.8 Å². The Kier molecular flexibility index (Phi) is 6.24. The molecule has 0 aromatic carbocycles. The lowest BCUT2D eigenvalue weighted by Crippen LogP contribution is -2.27. The highest BCUT2D eigenvalue weighted by molar-refractivity contribution is 6.20. The summed E-state index contributed by atoms with van der Waals surface area (Å²) >= 11 is 0. The van der Waals surface area contributed by atoms with Crippen LogP contribution in [0.5, 0.6) is 5.88 Å². The highest BCUT2D eigenvalue weighted by atomic mass is 19.3. The molecule has 0 bridgehead atoms. The molecule has 0 radical (unpaired) electrons. The summed E-state index contributed by atoms with van der Waals surface area (Å²) in [5, 5.41) is 3.33. The maximum absolute atomic E-state index is 15.4. The van der Waals surface area contributed by atoms with Crippen LogP contribution in [0.1, 0.15) is 48.8 Å². The number of alkyl halides is 2. The first-order valence-electron chi connectivity index (χ1n) is 13.6. The van der Waals surface area contributed by atoms with E-state index in [0.29, 0.717) is 52.6 Å². The molecule has 10 nitrogen and oxygen atoms in total. The van der Waals surface area contributed by atoms with Crippen LogP contribution >= 0.6 is 0 Å². The third-order valence-corrected chi connectivity index (χ3v) is 7.41. The van der Waals surface area contributed by atoms with E-state index >= 15 is 4.39 Å². The van der Waals surface area contributed by atoms with Gasteiger partial charge in [0.1, 0.15) is 35.8 Å². The molecule has 7 rings (SSSR count). The zero-order chi connectivity index (χ0) is 29.0. The number of aromatic nitrogens is 5. The van der Waals surface area contributed by atoms with Gasteiger partial charge in [0.25, 0.3) is 5.88 Å². The summed E-state index contributed by atoms with van der Waals surface area (Å²) in [5.74, 6) is -2.68. The average Bonchev–Trinajstić information content (AvgIpc) is 3.93. The van der Waals surface area contributed by atoms with Crippen molar-refractivity contribution in [3.8, 4) is 17.4 Å². The Morgan fingerprint density at radius 2 is 2.05 bits per heavy atom. The maximum atomic E-state index is 15.4. The van der Waals surface area contributed by atoms with Crippen LogP contribution in [0.2, 0.25) is 0 Å². The van der Waals surface area contributed by atoms with Gasteiger partial charge in [-0.25, -0.2) is 24.3 Å². The lowest BCUT2D eigenvalue weighted by atomic mass is 10.1. The number of pyridine rings is 1. The van der Waals surface area contributed by atoms with Crippen molar-refractivity contribution in [1.82, 2.24) is 29.8 Å². The molecule has 1 aliphatic heterocycles. The second kappa shape index (κ2) is 10.00. The fraction of sp³-hybridized carbons (Fsp3) is 0.345. The number of hydrogen-bond donors (Lipinski definition) is 1. The van der Waals surface area contributed by atoms with E-state index in [1.807, 2.05) is 0 Å². The van der Waals surface area contributed by atoms with Crippen molar-refractivity contribution in [2.45, 2.75) is 44.3 Å². The van der Waals surface area contributed by atoms with Crippen LogP contribution in [0, 0.1) is 11.7 Å². The molecule has 42 heavy (non-hydrogen) atoms. The van der Waals surface area contributed by atoms with E-state index in [2.05, 4.69) is 36.8 Å². The van der Waals surface area contributed by atoms with Gasteiger partial charge >= 0.3 is 5.92 Å². The molecule has 5 heterocycles. The van der Waals surface area contributed by atoms with Gasteiger partial charge in [-0.05, 0) is 43.7 Å². The highest BCUT2D eigenvalue weighted by Crippen LogP contribution is 2.42. The Bertz CT molecular complexity index is 1770. The van der Waals surface area contributed by atoms with E-state index in [0.717, 1.165) is 31.4 Å². The van der Waals surface area contributed by atoms with E-state index in [9.17, 15) is 8.78 Å². The average molecular weight is 578 g/mol. The Hall–Kier alpha value is -4.68. The van der Waals surface area contributed by atoms with Crippen LogP contribution in [-0.4, -0.2) is 44.2 Å². The van der Waals surface area contributed by atoms with Gasteiger partial charge in [-0.15, -0.1) is 0 Å². The zero-order valence-corrected chi connectivity index (χ0v) is 22.6. The van der Waals surface area contributed by atoms with Gasteiger partial charge < -0.3 is 23.8 Å². The lowest BCUT2D eigenvalue weighted by molar-refractivity contribution is 0.0480. The molecule has 216 valence electrons. The van der Waals surface area contributed by atoms with E-state index in [-0.39, 0.29) is 30.0 Å². The van der Waals surface area contributed by atoms with Gasteiger partial charge in [0.15, 0.2) is 17.5 Å². The number of hydrogen-bond acceptors (Lipinski definition) is 9. The zero-order valence-electron chi connectivity index (χ0n) is 22.6. The van der Waals surface area contributed by atoms with Crippen molar-refractivity contribution in [3.63, 3.8) is 0 Å². The summed E-state index contributed by atoms with van der Waals surface area (Å²) in [5.41, 5.74) is 2.29. The van der Waals surface area contributed by atoms with E-state index < -0.39 is 17.4 Å². The quantitative estimate of drug-likeness (QED) is 0.258. The van der Waals surface area contributed by atoms with Gasteiger partial charge in [0.05, 0.1) is 13.4 Å². The second-order valence-corrected chi connectivity index (χ2v) is 10.4. The molecule has 3 aliphatic rings.